The summed E-state index contributed by atoms with van der Waals surface area (Å²) in [5.41, 5.74) is -0.114. The van der Waals surface area contributed by atoms with Crippen molar-refractivity contribution >= 4 is 23.2 Å². The van der Waals surface area contributed by atoms with Crippen molar-refractivity contribution in [1.29, 1.82) is 0 Å². The summed E-state index contributed by atoms with van der Waals surface area (Å²) in [4.78, 5) is 30.0. The summed E-state index contributed by atoms with van der Waals surface area (Å²) in [5.74, 6) is -0.743. The number of carbonyl (C=O) groups is 2. The summed E-state index contributed by atoms with van der Waals surface area (Å²) in [6.07, 6.45) is 2.81. The molecule has 2 aromatic rings. The highest BCUT2D eigenvalue weighted by atomic mass is 32.1. The molecular formula is C10H11N5O3S. The van der Waals surface area contributed by atoms with Crippen molar-refractivity contribution in [3.05, 3.63) is 28.2 Å². The number of hydrogen-bond donors (Lipinski definition) is 3. The van der Waals surface area contributed by atoms with Crippen molar-refractivity contribution in [3.63, 3.8) is 0 Å². The van der Waals surface area contributed by atoms with Gasteiger partial charge in [0.05, 0.1) is 0 Å². The lowest BCUT2D eigenvalue weighted by molar-refractivity contribution is 0.0691. The molecule has 0 atom stereocenters. The van der Waals surface area contributed by atoms with Crippen LogP contribution in [0.1, 0.15) is 32.5 Å². The van der Waals surface area contributed by atoms with E-state index in [-0.39, 0.29) is 16.6 Å². The molecule has 0 saturated carbocycles. The first-order chi connectivity index (χ1) is 9.16. The second-order valence-electron chi connectivity index (χ2n) is 3.63. The van der Waals surface area contributed by atoms with E-state index in [2.05, 4.69) is 25.5 Å². The standard InChI is InChI=1S/C10H11N5O3S/c16-8(9-14-6(4-19-9)10(17)18)11-3-1-2-7-12-5-13-15-7/h4-5H,1-3H2,(H,11,16)(H,17,18)(H,12,13,15). The zero-order valence-corrected chi connectivity index (χ0v) is 10.6. The molecule has 100 valence electrons. The van der Waals surface area contributed by atoms with E-state index in [0.717, 1.165) is 17.2 Å². The molecule has 0 unspecified atom stereocenters. The van der Waals surface area contributed by atoms with E-state index in [1.807, 2.05) is 0 Å². The molecule has 0 fully saturated rings. The van der Waals surface area contributed by atoms with Gasteiger partial charge < -0.3 is 10.4 Å². The average molecular weight is 281 g/mol. The molecular weight excluding hydrogens is 270 g/mol. The van der Waals surface area contributed by atoms with Crippen molar-refractivity contribution in [2.75, 3.05) is 6.54 Å². The smallest absolute Gasteiger partial charge is 0.355 e. The first-order valence-corrected chi connectivity index (χ1v) is 6.36. The lowest BCUT2D eigenvalue weighted by atomic mass is 10.3. The van der Waals surface area contributed by atoms with Crippen LogP contribution < -0.4 is 5.32 Å². The lowest BCUT2D eigenvalue weighted by Crippen LogP contribution is -2.24. The van der Waals surface area contributed by atoms with E-state index in [9.17, 15) is 9.59 Å². The van der Waals surface area contributed by atoms with E-state index in [4.69, 9.17) is 5.11 Å². The molecule has 2 heterocycles. The highest BCUT2D eigenvalue weighted by Crippen LogP contribution is 2.09. The molecule has 0 saturated heterocycles. The summed E-state index contributed by atoms with van der Waals surface area (Å²) in [7, 11) is 0. The largest absolute Gasteiger partial charge is 0.476 e. The molecule has 0 aliphatic heterocycles. The highest BCUT2D eigenvalue weighted by Gasteiger charge is 2.14. The van der Waals surface area contributed by atoms with Crippen molar-refractivity contribution in [2.24, 2.45) is 0 Å². The van der Waals surface area contributed by atoms with Gasteiger partial charge in [-0.1, -0.05) is 0 Å². The number of aryl methyl sites for hydroxylation is 1. The van der Waals surface area contributed by atoms with Gasteiger partial charge in [-0.15, -0.1) is 11.3 Å². The molecule has 0 spiro atoms. The van der Waals surface area contributed by atoms with Crippen molar-refractivity contribution in [2.45, 2.75) is 12.8 Å². The van der Waals surface area contributed by atoms with Gasteiger partial charge in [-0.3, -0.25) is 9.89 Å². The number of aromatic carboxylic acids is 1. The van der Waals surface area contributed by atoms with E-state index < -0.39 is 5.97 Å². The van der Waals surface area contributed by atoms with Crippen molar-refractivity contribution in [3.8, 4) is 0 Å². The van der Waals surface area contributed by atoms with Crippen molar-refractivity contribution in [1.82, 2.24) is 25.5 Å². The number of nitrogens with one attached hydrogen (secondary N) is 2. The van der Waals surface area contributed by atoms with Crippen LogP contribution in [0, 0.1) is 0 Å². The number of nitrogens with zero attached hydrogens (tertiary/aromatic N) is 3. The molecule has 1 amide bonds. The van der Waals surface area contributed by atoms with Gasteiger partial charge in [0.25, 0.3) is 5.91 Å². The van der Waals surface area contributed by atoms with Gasteiger partial charge in [-0.25, -0.2) is 14.8 Å². The van der Waals surface area contributed by atoms with Crippen LogP contribution in [-0.2, 0) is 6.42 Å². The Kier molecular flexibility index (Phi) is 4.18. The van der Waals surface area contributed by atoms with Crippen LogP contribution in [0.4, 0.5) is 0 Å². The lowest BCUT2D eigenvalue weighted by Gasteiger charge is -2.01. The number of H-pyrrole nitrogens is 1. The quantitative estimate of drug-likeness (QED) is 0.656. The molecule has 3 N–H and O–H groups in total. The fourth-order valence-electron chi connectivity index (χ4n) is 1.36. The van der Waals surface area contributed by atoms with Crippen LogP contribution in [-0.4, -0.2) is 43.7 Å². The molecule has 0 aliphatic carbocycles. The van der Waals surface area contributed by atoms with Crippen LogP contribution in [0.2, 0.25) is 0 Å². The zero-order valence-electron chi connectivity index (χ0n) is 9.79. The monoisotopic (exact) mass is 281 g/mol. The van der Waals surface area contributed by atoms with Crippen LogP contribution in [0.15, 0.2) is 11.7 Å². The number of carboxylic acids is 1. The van der Waals surface area contributed by atoms with Gasteiger partial charge in [-0.05, 0) is 6.42 Å². The number of carboxylic acid groups (broad SMARTS) is 1. The third kappa shape index (κ3) is 3.58. The van der Waals surface area contributed by atoms with Gasteiger partial charge in [-0.2, -0.15) is 5.10 Å². The Morgan fingerprint density at radius 3 is 2.95 bits per heavy atom. The van der Waals surface area contributed by atoms with Crippen LogP contribution in [0.5, 0.6) is 0 Å². The normalized spacial score (nSPS) is 10.3. The summed E-state index contributed by atoms with van der Waals surface area (Å²) >= 11 is 1.01. The number of aromatic nitrogens is 4. The molecule has 0 bridgehead atoms. The Bertz CT molecular complexity index is 565. The number of carbonyl (C=O) groups excluding carboxylic acids is 1. The molecule has 2 aromatic heterocycles. The summed E-state index contributed by atoms with van der Waals surface area (Å²) in [6, 6.07) is 0. The second-order valence-corrected chi connectivity index (χ2v) is 4.49. The Morgan fingerprint density at radius 2 is 2.32 bits per heavy atom. The minimum Gasteiger partial charge on any atom is -0.476 e. The highest BCUT2D eigenvalue weighted by molar-refractivity contribution is 7.11. The summed E-state index contributed by atoms with van der Waals surface area (Å²) in [6.45, 7) is 0.460. The third-order valence-electron chi connectivity index (χ3n) is 2.26. The minimum atomic E-state index is -1.14. The number of amides is 1. The fraction of sp³-hybridized carbons (Fsp3) is 0.300. The van der Waals surface area contributed by atoms with E-state index in [1.165, 1.54) is 11.7 Å². The average Bonchev–Trinajstić information content (AvgIpc) is 3.05. The number of rotatable bonds is 6. The third-order valence-corrected chi connectivity index (χ3v) is 3.10. The predicted octanol–water partition coefficient (Wildman–Crippen LogP) is 0.322. The SMILES string of the molecule is O=C(O)c1csc(C(=O)NCCCc2ncn[nH]2)n1. The van der Waals surface area contributed by atoms with Gasteiger partial charge in [0.2, 0.25) is 0 Å². The summed E-state index contributed by atoms with van der Waals surface area (Å²) in [5, 5.41) is 19.3. The number of hydrogen-bond acceptors (Lipinski definition) is 6. The van der Waals surface area contributed by atoms with Gasteiger partial charge in [0.1, 0.15) is 12.2 Å². The second kappa shape index (κ2) is 6.05. The van der Waals surface area contributed by atoms with Gasteiger partial charge in [0, 0.05) is 18.3 Å². The number of aromatic amines is 1. The predicted molar refractivity (Wildman–Crippen MR) is 66.1 cm³/mol. The molecule has 8 nitrogen and oxygen atoms in total. The van der Waals surface area contributed by atoms with E-state index in [0.29, 0.717) is 19.4 Å². The maximum atomic E-state index is 11.7. The maximum absolute atomic E-state index is 11.7. The fourth-order valence-corrected chi connectivity index (χ4v) is 2.07. The molecule has 0 aliphatic rings. The Balaban J connectivity index is 1.76. The topological polar surface area (TPSA) is 121 Å². The molecule has 2 rings (SSSR count). The molecule has 19 heavy (non-hydrogen) atoms. The first kappa shape index (κ1) is 13.1. The van der Waals surface area contributed by atoms with E-state index in [1.54, 1.807) is 0 Å². The number of thiazole rings is 1. The minimum absolute atomic E-state index is 0.114. The first-order valence-electron chi connectivity index (χ1n) is 5.48. The van der Waals surface area contributed by atoms with Crippen LogP contribution in [0.25, 0.3) is 0 Å². The Morgan fingerprint density at radius 1 is 1.47 bits per heavy atom. The van der Waals surface area contributed by atoms with Crippen LogP contribution in [0.3, 0.4) is 0 Å². The van der Waals surface area contributed by atoms with Gasteiger partial charge >= 0.3 is 5.97 Å². The Labute approximate surface area is 111 Å². The van der Waals surface area contributed by atoms with Crippen LogP contribution >= 0.6 is 11.3 Å². The zero-order chi connectivity index (χ0) is 13.7. The van der Waals surface area contributed by atoms with E-state index >= 15 is 0 Å². The molecule has 9 heteroatoms. The Hall–Kier alpha value is -2.29. The van der Waals surface area contributed by atoms with Gasteiger partial charge in [0.15, 0.2) is 10.7 Å². The molecule has 0 aromatic carbocycles. The molecule has 0 radical (unpaired) electrons. The summed E-state index contributed by atoms with van der Waals surface area (Å²) < 4.78 is 0. The maximum Gasteiger partial charge on any atom is 0.355 e. The van der Waals surface area contributed by atoms with Crippen molar-refractivity contribution < 1.29 is 14.7 Å².